The molecule has 0 bridgehead atoms. The molecule has 0 aliphatic carbocycles. The molecule has 0 unspecified atom stereocenters. The summed E-state index contributed by atoms with van der Waals surface area (Å²) in [5, 5.41) is 12.7. The predicted octanol–water partition coefficient (Wildman–Crippen LogP) is -0.324. The van der Waals surface area contributed by atoms with Gasteiger partial charge in [-0.25, -0.2) is 0 Å². The first-order valence-electron chi connectivity index (χ1n) is 4.16. The van der Waals surface area contributed by atoms with E-state index in [0.717, 1.165) is 5.56 Å². The van der Waals surface area contributed by atoms with Crippen molar-refractivity contribution in [3.05, 3.63) is 35.9 Å². The summed E-state index contributed by atoms with van der Waals surface area (Å²) in [6.07, 6.45) is -0.420. The number of likely N-dealkylation sites (N-methyl/N-ethyl adjacent to an activating group) is 1. The van der Waals surface area contributed by atoms with Gasteiger partial charge in [-0.3, -0.25) is 0 Å². The quantitative estimate of drug-likeness (QED) is 0.732. The molecule has 15 heavy (non-hydrogen) atoms. The fraction of sp³-hybridized carbons (Fsp3) is 0.400. The minimum atomic E-state index is -0.420. The molecule has 0 saturated carbocycles. The third kappa shape index (κ3) is 5.89. The Morgan fingerprint density at radius 2 is 1.60 bits per heavy atom. The van der Waals surface area contributed by atoms with Crippen molar-refractivity contribution in [2.75, 3.05) is 7.05 Å². The molecule has 0 heterocycles. The van der Waals surface area contributed by atoms with E-state index < -0.39 is 6.10 Å². The van der Waals surface area contributed by atoms with Crippen molar-refractivity contribution < 1.29 is 33.1 Å². The third-order valence-corrected chi connectivity index (χ3v) is 2.07. The molecule has 0 aliphatic rings. The Hall–Kier alpha value is -0.421. The smallest absolute Gasteiger partial charge is 0.0940 e. The maximum absolute atomic E-state index is 9.73. The summed E-state index contributed by atoms with van der Waals surface area (Å²) in [7, 11) is 1.84. The van der Waals surface area contributed by atoms with E-state index in [1.807, 2.05) is 44.3 Å². The molecule has 6 N–H and O–H groups in total. The van der Waals surface area contributed by atoms with Crippen LogP contribution in [0.1, 0.15) is 18.6 Å². The maximum Gasteiger partial charge on any atom is 0.0940 e. The zero-order valence-electron chi connectivity index (χ0n) is 8.79. The molecule has 4 nitrogen and oxygen atoms in total. The first-order valence-corrected chi connectivity index (χ1v) is 4.16. The van der Waals surface area contributed by atoms with Gasteiger partial charge in [-0.1, -0.05) is 30.3 Å². The fourth-order valence-electron chi connectivity index (χ4n) is 1.10. The first kappa shape index (κ1) is 20.1. The maximum atomic E-state index is 9.73. The molecule has 0 spiro atoms. The van der Waals surface area contributed by atoms with E-state index in [9.17, 15) is 5.11 Å². The molecule has 5 heteroatoms. The first-order chi connectivity index (χ1) is 5.75. The zero-order chi connectivity index (χ0) is 8.97. The molecular formula is C10H19CuNO3. The topological polar surface area (TPSA) is 95.3 Å². The van der Waals surface area contributed by atoms with E-state index >= 15 is 0 Å². The van der Waals surface area contributed by atoms with E-state index in [1.165, 1.54) is 0 Å². The molecule has 1 aromatic carbocycles. The van der Waals surface area contributed by atoms with Crippen LogP contribution in [0, 0.1) is 0 Å². The fourth-order valence-corrected chi connectivity index (χ4v) is 1.10. The Morgan fingerprint density at radius 3 is 2.00 bits per heavy atom. The zero-order valence-corrected chi connectivity index (χ0v) is 9.73. The van der Waals surface area contributed by atoms with E-state index in [2.05, 4.69) is 5.32 Å². The summed E-state index contributed by atoms with van der Waals surface area (Å²) in [6.45, 7) is 1.96. The summed E-state index contributed by atoms with van der Waals surface area (Å²) >= 11 is 0. The van der Waals surface area contributed by atoms with Gasteiger partial charge in [0, 0.05) is 23.1 Å². The van der Waals surface area contributed by atoms with Gasteiger partial charge in [0.2, 0.25) is 0 Å². The van der Waals surface area contributed by atoms with Gasteiger partial charge in [0.05, 0.1) is 6.10 Å². The van der Waals surface area contributed by atoms with Crippen molar-refractivity contribution in [2.24, 2.45) is 0 Å². The molecule has 0 aliphatic heterocycles. The van der Waals surface area contributed by atoms with Crippen molar-refractivity contribution in [1.82, 2.24) is 5.32 Å². The summed E-state index contributed by atoms with van der Waals surface area (Å²) in [5.74, 6) is 0. The average molecular weight is 265 g/mol. The summed E-state index contributed by atoms with van der Waals surface area (Å²) in [4.78, 5) is 0. The summed E-state index contributed by atoms with van der Waals surface area (Å²) in [6, 6.07) is 9.76. The van der Waals surface area contributed by atoms with Gasteiger partial charge in [-0.05, 0) is 19.5 Å². The molecule has 1 rings (SSSR count). The Balaban J connectivity index is -0.000000480. The number of rotatable bonds is 3. The molecule has 0 aromatic heterocycles. The van der Waals surface area contributed by atoms with Crippen LogP contribution in [0.3, 0.4) is 0 Å². The largest absolute Gasteiger partial charge is 0.412 e. The second-order valence-corrected chi connectivity index (χ2v) is 2.93. The molecule has 1 radical (unpaired) electrons. The standard InChI is InChI=1S/C10H15NO.Cu.2H2O/c1-8(11-2)10(12)9-6-4-3-5-7-9;;;/h3-8,10-12H,1-2H3;;2*1H2/t8-,10+;;;/m0.../s1. The molecule has 1 aromatic rings. The van der Waals surface area contributed by atoms with Crippen LogP contribution in [-0.2, 0) is 17.1 Å². The summed E-state index contributed by atoms with van der Waals surface area (Å²) < 4.78 is 0. The second-order valence-electron chi connectivity index (χ2n) is 2.93. The van der Waals surface area contributed by atoms with Crippen LogP contribution in [-0.4, -0.2) is 29.1 Å². The van der Waals surface area contributed by atoms with E-state index in [1.54, 1.807) is 0 Å². The Kier molecular flexibility index (Phi) is 13.5. The molecule has 93 valence electrons. The van der Waals surface area contributed by atoms with Crippen LogP contribution in [0.2, 0.25) is 0 Å². The molecule has 0 saturated heterocycles. The summed E-state index contributed by atoms with van der Waals surface area (Å²) in [5.41, 5.74) is 0.958. The minimum absolute atomic E-state index is 0. The van der Waals surface area contributed by atoms with Crippen molar-refractivity contribution in [1.29, 1.82) is 0 Å². The van der Waals surface area contributed by atoms with Crippen LogP contribution < -0.4 is 5.32 Å². The number of benzene rings is 1. The van der Waals surface area contributed by atoms with Crippen molar-refractivity contribution >= 4 is 0 Å². The van der Waals surface area contributed by atoms with Gasteiger partial charge in [0.25, 0.3) is 0 Å². The molecular weight excluding hydrogens is 246 g/mol. The number of aliphatic hydroxyl groups is 1. The Labute approximate surface area is 101 Å². The number of hydrogen-bond donors (Lipinski definition) is 2. The van der Waals surface area contributed by atoms with E-state index in [-0.39, 0.29) is 34.1 Å². The molecule has 0 fully saturated rings. The number of hydrogen-bond acceptors (Lipinski definition) is 2. The van der Waals surface area contributed by atoms with Crippen molar-refractivity contribution in [2.45, 2.75) is 19.1 Å². The number of aliphatic hydroxyl groups excluding tert-OH is 1. The van der Waals surface area contributed by atoms with Gasteiger partial charge in [-0.15, -0.1) is 0 Å². The predicted molar refractivity (Wildman–Crippen MR) is 57.2 cm³/mol. The van der Waals surface area contributed by atoms with Crippen molar-refractivity contribution in [3.63, 3.8) is 0 Å². The van der Waals surface area contributed by atoms with Crippen molar-refractivity contribution in [3.8, 4) is 0 Å². The molecule has 0 amide bonds. The second kappa shape index (κ2) is 10.1. The number of nitrogens with one attached hydrogen (secondary N) is 1. The van der Waals surface area contributed by atoms with Gasteiger partial charge < -0.3 is 21.4 Å². The SMILES string of the molecule is CN[C@@H](C)[C@@H](O)c1ccccc1.O.O.[Cu]. The van der Waals surface area contributed by atoms with Crippen LogP contribution in [0.25, 0.3) is 0 Å². The van der Waals surface area contributed by atoms with Gasteiger partial charge >= 0.3 is 0 Å². The average Bonchev–Trinajstić information content (AvgIpc) is 2.17. The van der Waals surface area contributed by atoms with Crippen LogP contribution in [0.5, 0.6) is 0 Å². The van der Waals surface area contributed by atoms with Gasteiger partial charge in [0.1, 0.15) is 0 Å². The van der Waals surface area contributed by atoms with Crippen LogP contribution >= 0.6 is 0 Å². The third-order valence-electron chi connectivity index (χ3n) is 2.07. The van der Waals surface area contributed by atoms with E-state index in [4.69, 9.17) is 0 Å². The van der Waals surface area contributed by atoms with Crippen LogP contribution in [0.4, 0.5) is 0 Å². The van der Waals surface area contributed by atoms with E-state index in [0.29, 0.717) is 0 Å². The van der Waals surface area contributed by atoms with Gasteiger partial charge in [0.15, 0.2) is 0 Å². The molecule has 2 atom stereocenters. The normalized spacial score (nSPS) is 12.5. The Morgan fingerprint density at radius 1 is 1.13 bits per heavy atom. The Bertz CT molecular complexity index is 233. The van der Waals surface area contributed by atoms with Gasteiger partial charge in [-0.2, -0.15) is 0 Å². The monoisotopic (exact) mass is 264 g/mol. The van der Waals surface area contributed by atoms with Crippen LogP contribution in [0.15, 0.2) is 30.3 Å². The minimum Gasteiger partial charge on any atom is -0.412 e.